The quantitative estimate of drug-likeness (QED) is 0.602. The van der Waals surface area contributed by atoms with E-state index in [4.69, 9.17) is 10.4 Å². The first-order valence-corrected chi connectivity index (χ1v) is 7.78. The molecular formula is C17H17BN2O5. The van der Waals surface area contributed by atoms with Gasteiger partial charge in [-0.25, -0.2) is 4.79 Å². The van der Waals surface area contributed by atoms with Crippen molar-refractivity contribution in [3.05, 3.63) is 65.2 Å². The second kappa shape index (κ2) is 6.96. The second-order valence-corrected chi connectivity index (χ2v) is 5.81. The third-order valence-corrected chi connectivity index (χ3v) is 4.12. The molecule has 2 aromatic carbocycles. The summed E-state index contributed by atoms with van der Waals surface area (Å²) in [5.41, 5.74) is 7.18. The maximum atomic E-state index is 12.3. The molecule has 8 heteroatoms. The molecule has 1 aliphatic rings. The molecule has 2 unspecified atom stereocenters. The van der Waals surface area contributed by atoms with E-state index in [0.717, 1.165) is 0 Å². The molecule has 5 N–H and O–H groups in total. The van der Waals surface area contributed by atoms with E-state index in [1.807, 2.05) is 6.07 Å². The number of benzene rings is 2. The number of fused-ring (bicyclic) bond motifs is 1. The van der Waals surface area contributed by atoms with Gasteiger partial charge in [0.2, 0.25) is 5.91 Å². The van der Waals surface area contributed by atoms with E-state index in [2.05, 4.69) is 5.32 Å². The monoisotopic (exact) mass is 340 g/mol. The molecule has 1 aliphatic heterocycles. The van der Waals surface area contributed by atoms with Crippen LogP contribution in [0.1, 0.15) is 27.5 Å². The van der Waals surface area contributed by atoms with Gasteiger partial charge in [-0.3, -0.25) is 4.79 Å². The minimum Gasteiger partial charge on any atom is -0.534 e. The molecule has 3 rings (SSSR count). The van der Waals surface area contributed by atoms with Gasteiger partial charge in [0.1, 0.15) is 11.8 Å². The molecule has 0 radical (unpaired) electrons. The largest absolute Gasteiger partial charge is 0.547 e. The van der Waals surface area contributed by atoms with Crippen LogP contribution in [0.3, 0.4) is 0 Å². The Kier molecular flexibility index (Phi) is 4.73. The smallest absolute Gasteiger partial charge is 0.534 e. The predicted molar refractivity (Wildman–Crippen MR) is 91.0 cm³/mol. The first kappa shape index (κ1) is 17.0. The lowest BCUT2D eigenvalue weighted by atomic mass is 9.72. The van der Waals surface area contributed by atoms with Crippen molar-refractivity contribution in [3.63, 3.8) is 0 Å². The lowest BCUT2D eigenvalue weighted by Gasteiger charge is -2.29. The van der Waals surface area contributed by atoms with Crippen molar-refractivity contribution in [2.45, 2.75) is 18.4 Å². The number of hydrogen-bond acceptors (Lipinski definition) is 5. The average Bonchev–Trinajstić information content (AvgIpc) is 2.61. The van der Waals surface area contributed by atoms with Crippen molar-refractivity contribution in [2.75, 3.05) is 0 Å². The van der Waals surface area contributed by atoms with Gasteiger partial charge in [-0.1, -0.05) is 42.5 Å². The van der Waals surface area contributed by atoms with E-state index in [1.54, 1.807) is 36.4 Å². The number of carbonyl (C=O) groups is 2. The summed E-state index contributed by atoms with van der Waals surface area (Å²) in [5.74, 6) is -2.19. The Morgan fingerprint density at radius 2 is 1.92 bits per heavy atom. The highest BCUT2D eigenvalue weighted by Gasteiger charge is 2.38. The van der Waals surface area contributed by atoms with Crippen LogP contribution in [0.5, 0.6) is 5.75 Å². The molecular weight excluding hydrogens is 323 g/mol. The molecule has 0 spiro atoms. The average molecular weight is 340 g/mol. The molecule has 1 amide bonds. The number of para-hydroxylation sites is 1. The molecule has 0 aromatic heterocycles. The van der Waals surface area contributed by atoms with Crippen LogP contribution >= 0.6 is 0 Å². The summed E-state index contributed by atoms with van der Waals surface area (Å²) >= 11 is 0. The van der Waals surface area contributed by atoms with E-state index < -0.39 is 31.0 Å². The van der Waals surface area contributed by atoms with Crippen LogP contribution in [0.2, 0.25) is 0 Å². The first-order chi connectivity index (χ1) is 12.0. The number of carbonyl (C=O) groups excluding carboxylic acids is 1. The molecule has 0 fully saturated rings. The third-order valence-electron chi connectivity index (χ3n) is 4.12. The van der Waals surface area contributed by atoms with Crippen LogP contribution in [-0.4, -0.2) is 35.1 Å². The fraction of sp³-hybridized carbons (Fsp3) is 0.176. The van der Waals surface area contributed by atoms with Gasteiger partial charge in [0.05, 0.1) is 11.5 Å². The molecule has 0 aliphatic carbocycles. The van der Waals surface area contributed by atoms with Gasteiger partial charge in [0.15, 0.2) is 0 Å². The van der Waals surface area contributed by atoms with Gasteiger partial charge >= 0.3 is 13.1 Å². The van der Waals surface area contributed by atoms with Gasteiger partial charge in [-0.15, -0.1) is 0 Å². The molecule has 25 heavy (non-hydrogen) atoms. The number of hydrogen-bond donors (Lipinski definition) is 4. The zero-order chi connectivity index (χ0) is 18.0. The van der Waals surface area contributed by atoms with Gasteiger partial charge in [0.25, 0.3) is 0 Å². The van der Waals surface area contributed by atoms with Crippen LogP contribution in [0.15, 0.2) is 48.5 Å². The molecule has 0 saturated carbocycles. The summed E-state index contributed by atoms with van der Waals surface area (Å²) in [6, 6.07) is 12.7. The molecule has 0 saturated heterocycles. The van der Waals surface area contributed by atoms with Crippen molar-refractivity contribution in [1.29, 1.82) is 0 Å². The Balaban J connectivity index is 1.75. The van der Waals surface area contributed by atoms with Crippen LogP contribution in [0, 0.1) is 0 Å². The maximum Gasteiger partial charge on any atom is 0.547 e. The number of nitrogens with two attached hydrogens (primary N) is 1. The van der Waals surface area contributed by atoms with Gasteiger partial charge in [-0.05, 0) is 23.6 Å². The standard InChI is InChI=1S/C17H17BN2O5/c19-14(10-5-2-1-3-6-10)16(21)20-13-9-11-7-4-8-12(17(22)23)15(11)25-18(13)24/h1-8,13-14,24H,9,19H2,(H,20,21)(H,22,23). The van der Waals surface area contributed by atoms with Crippen molar-refractivity contribution in [3.8, 4) is 5.75 Å². The molecule has 2 aromatic rings. The van der Waals surface area contributed by atoms with E-state index in [-0.39, 0.29) is 17.7 Å². The molecule has 7 nitrogen and oxygen atoms in total. The summed E-state index contributed by atoms with van der Waals surface area (Å²) in [4.78, 5) is 23.6. The first-order valence-electron chi connectivity index (χ1n) is 7.78. The minimum absolute atomic E-state index is 0.0256. The number of nitrogens with one attached hydrogen (secondary N) is 1. The van der Waals surface area contributed by atoms with Gasteiger partial charge in [0, 0.05) is 0 Å². The Morgan fingerprint density at radius 1 is 1.20 bits per heavy atom. The van der Waals surface area contributed by atoms with Crippen molar-refractivity contribution in [1.82, 2.24) is 5.32 Å². The predicted octanol–water partition coefficient (Wildman–Crippen LogP) is 0.524. The molecule has 2 atom stereocenters. The van der Waals surface area contributed by atoms with E-state index in [1.165, 1.54) is 6.07 Å². The van der Waals surface area contributed by atoms with Crippen LogP contribution in [0.25, 0.3) is 0 Å². The summed E-state index contributed by atoms with van der Waals surface area (Å²) in [7, 11) is -1.36. The SMILES string of the molecule is NC(C(=O)NC1Cc2cccc(C(=O)O)c2OB1O)c1ccccc1. The Labute approximate surface area is 144 Å². The highest BCUT2D eigenvalue weighted by molar-refractivity contribution is 6.47. The van der Waals surface area contributed by atoms with Crippen molar-refractivity contribution >= 4 is 19.0 Å². The molecule has 128 valence electrons. The van der Waals surface area contributed by atoms with Crippen LogP contribution in [-0.2, 0) is 11.2 Å². The normalized spacial score (nSPS) is 17.2. The summed E-state index contributed by atoms with van der Waals surface area (Å²) < 4.78 is 5.34. The van der Waals surface area contributed by atoms with Crippen LogP contribution < -0.4 is 15.7 Å². The summed E-state index contributed by atoms with van der Waals surface area (Å²) in [5, 5.41) is 22.0. The molecule has 0 bridgehead atoms. The number of amides is 1. The lowest BCUT2D eigenvalue weighted by molar-refractivity contribution is -0.122. The van der Waals surface area contributed by atoms with Crippen LogP contribution in [0.4, 0.5) is 0 Å². The zero-order valence-electron chi connectivity index (χ0n) is 13.3. The van der Waals surface area contributed by atoms with E-state index in [9.17, 15) is 19.7 Å². The highest BCUT2D eigenvalue weighted by atomic mass is 16.5. The van der Waals surface area contributed by atoms with Gasteiger partial charge in [-0.2, -0.15) is 0 Å². The highest BCUT2D eigenvalue weighted by Crippen LogP contribution is 2.30. The molecule has 1 heterocycles. The Hall–Kier alpha value is -2.84. The Morgan fingerprint density at radius 3 is 2.60 bits per heavy atom. The van der Waals surface area contributed by atoms with E-state index in [0.29, 0.717) is 11.1 Å². The summed E-state index contributed by atoms with van der Waals surface area (Å²) in [6.45, 7) is 0. The van der Waals surface area contributed by atoms with Crippen molar-refractivity contribution in [2.24, 2.45) is 5.73 Å². The number of aromatic carboxylic acids is 1. The minimum atomic E-state index is -1.36. The fourth-order valence-electron chi connectivity index (χ4n) is 2.80. The lowest BCUT2D eigenvalue weighted by Crippen LogP contribution is -2.54. The number of carboxylic acids is 1. The zero-order valence-corrected chi connectivity index (χ0v) is 13.3. The fourth-order valence-corrected chi connectivity index (χ4v) is 2.80. The number of rotatable bonds is 4. The van der Waals surface area contributed by atoms with Crippen molar-refractivity contribution < 1.29 is 24.4 Å². The Bertz CT molecular complexity index is 799. The summed E-state index contributed by atoms with van der Waals surface area (Å²) in [6.07, 6.45) is 0.241. The maximum absolute atomic E-state index is 12.3. The topological polar surface area (TPSA) is 122 Å². The third kappa shape index (κ3) is 3.49. The number of carboxylic acid groups (broad SMARTS) is 1. The van der Waals surface area contributed by atoms with Gasteiger partial charge < -0.3 is 25.8 Å². The second-order valence-electron chi connectivity index (χ2n) is 5.81. The van der Waals surface area contributed by atoms with E-state index >= 15 is 0 Å².